The van der Waals surface area contributed by atoms with E-state index in [0.717, 1.165) is 48.1 Å². The molecule has 2 N–H and O–H groups in total. The third-order valence-corrected chi connectivity index (χ3v) is 8.03. The van der Waals surface area contributed by atoms with Crippen molar-refractivity contribution in [2.24, 2.45) is 0 Å². The summed E-state index contributed by atoms with van der Waals surface area (Å²) >= 11 is 4.85. The molecule has 1 fully saturated rings. The molecule has 2 unspecified atom stereocenters. The molecular weight excluding hydrogens is 463 g/mol. The van der Waals surface area contributed by atoms with Crippen molar-refractivity contribution in [3.8, 4) is 0 Å². The highest BCUT2D eigenvalue weighted by Gasteiger charge is 2.39. The Bertz CT molecular complexity index is 1370. The van der Waals surface area contributed by atoms with E-state index in [9.17, 15) is 14.0 Å². The Balaban J connectivity index is 1.13. The van der Waals surface area contributed by atoms with Crippen LogP contribution in [-0.2, 0) is 22.7 Å². The van der Waals surface area contributed by atoms with Gasteiger partial charge in [0.25, 0.3) is 0 Å². The van der Waals surface area contributed by atoms with Crippen LogP contribution < -0.4 is 5.32 Å². The maximum atomic E-state index is 13.5. The molecule has 0 bridgehead atoms. The predicted octanol–water partition coefficient (Wildman–Crippen LogP) is 4.15. The van der Waals surface area contributed by atoms with Gasteiger partial charge in [0.1, 0.15) is 5.82 Å². The lowest BCUT2D eigenvalue weighted by atomic mass is 9.98. The molecule has 8 heteroatoms. The largest absolute Gasteiger partial charge is 0.360 e. The molecule has 6 nitrogen and oxygen atoms in total. The first-order chi connectivity index (χ1) is 17.0. The van der Waals surface area contributed by atoms with Gasteiger partial charge in [-0.05, 0) is 53.3 Å². The highest BCUT2D eigenvalue weighted by Crippen LogP contribution is 2.40. The van der Waals surface area contributed by atoms with Crippen molar-refractivity contribution in [1.82, 2.24) is 20.1 Å². The Morgan fingerprint density at radius 3 is 2.80 bits per heavy atom. The lowest BCUT2D eigenvalue weighted by Crippen LogP contribution is -2.51. The fourth-order valence-corrected chi connectivity index (χ4v) is 6.07. The molecule has 35 heavy (non-hydrogen) atoms. The molecule has 0 radical (unpaired) electrons. The fraction of sp³-hybridized carbons (Fsp3) is 0.333. The minimum absolute atomic E-state index is 0.159. The van der Waals surface area contributed by atoms with Crippen molar-refractivity contribution in [2.75, 3.05) is 13.1 Å². The summed E-state index contributed by atoms with van der Waals surface area (Å²) in [6, 6.07) is 11.1. The number of piperidine rings is 1. The minimum atomic E-state index is -0.322. The van der Waals surface area contributed by atoms with E-state index < -0.39 is 0 Å². The summed E-state index contributed by atoms with van der Waals surface area (Å²) < 4.78 is 13.5. The molecule has 1 aromatic heterocycles. The SMILES string of the molecule is O=C1CCC(N2Cc3ccc(CN4CC=C(c5c[nH]c6cc(F)ccc56)CC4)cc3C2S)C(=O)N1. The molecule has 180 valence electrons. The van der Waals surface area contributed by atoms with Gasteiger partial charge in [-0.2, -0.15) is 12.6 Å². The number of amides is 2. The van der Waals surface area contributed by atoms with E-state index in [2.05, 4.69) is 44.4 Å². The average molecular weight is 491 g/mol. The second-order valence-corrected chi connectivity index (χ2v) is 10.1. The lowest BCUT2D eigenvalue weighted by Gasteiger charge is -2.32. The van der Waals surface area contributed by atoms with Gasteiger partial charge in [0.15, 0.2) is 0 Å². The normalized spacial score (nSPS) is 23.4. The number of thiol groups is 1. The highest BCUT2D eigenvalue weighted by molar-refractivity contribution is 7.80. The van der Waals surface area contributed by atoms with Crippen molar-refractivity contribution in [3.05, 3.63) is 76.7 Å². The maximum Gasteiger partial charge on any atom is 0.243 e. The molecule has 3 aromatic rings. The Labute approximate surface area is 208 Å². The van der Waals surface area contributed by atoms with Gasteiger partial charge in [-0.1, -0.05) is 24.3 Å². The summed E-state index contributed by atoms with van der Waals surface area (Å²) in [4.78, 5) is 31.6. The number of hydrogen-bond donors (Lipinski definition) is 3. The van der Waals surface area contributed by atoms with Crippen LogP contribution in [0.25, 0.3) is 16.5 Å². The van der Waals surface area contributed by atoms with Crippen LogP contribution in [0.1, 0.15) is 46.9 Å². The van der Waals surface area contributed by atoms with Gasteiger partial charge in [-0.3, -0.25) is 24.7 Å². The standard InChI is InChI=1S/C27H27FN4O2S/c28-19-3-4-20-22(13-29-23(20)12-19)17-7-9-31(10-8-17)14-16-1-2-18-15-32(27(35)21(18)11-16)24-5-6-25(33)30-26(24)34/h1-4,7,11-13,24,27,29,35H,5-6,8-10,14-15H2,(H,30,33,34). The summed E-state index contributed by atoms with van der Waals surface area (Å²) in [7, 11) is 0. The number of hydrogen-bond acceptors (Lipinski definition) is 5. The van der Waals surface area contributed by atoms with Crippen LogP contribution in [0.15, 0.2) is 48.7 Å². The smallest absolute Gasteiger partial charge is 0.243 e. The van der Waals surface area contributed by atoms with Crippen LogP contribution in [0.5, 0.6) is 0 Å². The van der Waals surface area contributed by atoms with E-state index in [-0.39, 0.29) is 29.0 Å². The predicted molar refractivity (Wildman–Crippen MR) is 136 cm³/mol. The van der Waals surface area contributed by atoms with E-state index in [1.807, 2.05) is 12.3 Å². The first-order valence-electron chi connectivity index (χ1n) is 12.0. The highest BCUT2D eigenvalue weighted by atomic mass is 32.1. The van der Waals surface area contributed by atoms with Crippen molar-refractivity contribution in [1.29, 1.82) is 0 Å². The Morgan fingerprint density at radius 2 is 2.00 bits per heavy atom. The van der Waals surface area contributed by atoms with E-state index in [1.165, 1.54) is 22.8 Å². The third kappa shape index (κ3) is 4.20. The topological polar surface area (TPSA) is 68.4 Å². The molecule has 2 aromatic carbocycles. The van der Waals surface area contributed by atoms with Crippen molar-refractivity contribution < 1.29 is 14.0 Å². The van der Waals surface area contributed by atoms with E-state index in [0.29, 0.717) is 19.4 Å². The second kappa shape index (κ2) is 8.93. The number of halogens is 1. The number of aromatic amines is 1. The Hall–Kier alpha value is -2.94. The average Bonchev–Trinajstić information content (AvgIpc) is 3.40. The van der Waals surface area contributed by atoms with Gasteiger partial charge in [0.05, 0.1) is 11.4 Å². The summed E-state index contributed by atoms with van der Waals surface area (Å²) in [5.41, 5.74) is 6.85. The number of nitrogens with zero attached hydrogens (tertiary/aromatic N) is 2. The number of rotatable bonds is 4. The van der Waals surface area contributed by atoms with Gasteiger partial charge >= 0.3 is 0 Å². The molecule has 4 heterocycles. The minimum Gasteiger partial charge on any atom is -0.360 e. The van der Waals surface area contributed by atoms with E-state index in [1.54, 1.807) is 6.07 Å². The number of imide groups is 1. The van der Waals surface area contributed by atoms with Crippen LogP contribution >= 0.6 is 12.6 Å². The van der Waals surface area contributed by atoms with Crippen LogP contribution in [0.3, 0.4) is 0 Å². The second-order valence-electron chi connectivity index (χ2n) is 9.65. The summed E-state index contributed by atoms with van der Waals surface area (Å²) in [6.45, 7) is 3.31. The molecule has 6 rings (SSSR count). The van der Waals surface area contributed by atoms with Gasteiger partial charge < -0.3 is 4.98 Å². The van der Waals surface area contributed by atoms with Crippen molar-refractivity contribution in [2.45, 2.75) is 43.8 Å². The zero-order chi connectivity index (χ0) is 24.1. The van der Waals surface area contributed by atoms with Gasteiger partial charge in [-0.25, -0.2) is 4.39 Å². The molecular formula is C27H27FN4O2S. The molecule has 0 saturated carbocycles. The summed E-state index contributed by atoms with van der Waals surface area (Å²) in [6.07, 6.45) is 6.10. The Morgan fingerprint density at radius 1 is 1.11 bits per heavy atom. The maximum absolute atomic E-state index is 13.5. The first-order valence-corrected chi connectivity index (χ1v) is 12.6. The van der Waals surface area contributed by atoms with Crippen LogP contribution in [-0.4, -0.2) is 45.7 Å². The number of nitrogens with one attached hydrogen (secondary N) is 2. The van der Waals surface area contributed by atoms with Crippen molar-refractivity contribution in [3.63, 3.8) is 0 Å². The summed E-state index contributed by atoms with van der Waals surface area (Å²) in [5, 5.41) is 3.36. The van der Waals surface area contributed by atoms with Crippen LogP contribution in [0.2, 0.25) is 0 Å². The van der Waals surface area contributed by atoms with E-state index >= 15 is 0 Å². The third-order valence-electron chi connectivity index (χ3n) is 7.46. The van der Waals surface area contributed by atoms with Crippen molar-refractivity contribution >= 4 is 40.9 Å². The monoisotopic (exact) mass is 490 g/mol. The molecule has 0 spiro atoms. The van der Waals surface area contributed by atoms with E-state index in [4.69, 9.17) is 12.6 Å². The zero-order valence-electron chi connectivity index (χ0n) is 19.3. The number of aromatic nitrogens is 1. The van der Waals surface area contributed by atoms with Crippen LogP contribution in [0.4, 0.5) is 4.39 Å². The molecule has 0 aliphatic carbocycles. The zero-order valence-corrected chi connectivity index (χ0v) is 20.2. The number of carbonyl (C=O) groups is 2. The molecule has 2 amide bonds. The van der Waals surface area contributed by atoms with Gasteiger partial charge in [0.2, 0.25) is 11.8 Å². The van der Waals surface area contributed by atoms with Crippen LogP contribution in [0, 0.1) is 5.82 Å². The molecule has 2 atom stereocenters. The molecule has 3 aliphatic heterocycles. The number of H-pyrrole nitrogens is 1. The number of benzene rings is 2. The number of carbonyl (C=O) groups excluding carboxylic acids is 2. The van der Waals surface area contributed by atoms with Gasteiger partial charge in [-0.15, -0.1) is 0 Å². The number of fused-ring (bicyclic) bond motifs is 2. The lowest BCUT2D eigenvalue weighted by molar-refractivity contribution is -0.137. The fourth-order valence-electron chi connectivity index (χ4n) is 5.59. The quantitative estimate of drug-likeness (QED) is 0.380. The van der Waals surface area contributed by atoms with Gasteiger partial charge in [0, 0.05) is 55.3 Å². The summed E-state index contributed by atoms with van der Waals surface area (Å²) in [5.74, 6) is -0.643. The molecule has 3 aliphatic rings. The molecule has 1 saturated heterocycles. The Kier molecular flexibility index (Phi) is 5.75. The first kappa shape index (κ1) is 22.5.